The van der Waals surface area contributed by atoms with Crippen molar-refractivity contribution >= 4 is 31.6 Å². The summed E-state index contributed by atoms with van der Waals surface area (Å²) in [5.74, 6) is -0.0340. The highest BCUT2D eigenvalue weighted by Crippen LogP contribution is 2.22. The second-order valence-corrected chi connectivity index (χ2v) is 8.04. The predicted octanol–water partition coefficient (Wildman–Crippen LogP) is 2.18. The highest BCUT2D eigenvalue weighted by atomic mass is 32.2. The zero-order valence-electron chi connectivity index (χ0n) is 12.4. The smallest absolute Gasteiger partial charge is 0.214 e. The number of fused-ring (bicyclic) bond motifs is 1. The van der Waals surface area contributed by atoms with Crippen LogP contribution in [-0.2, 0) is 21.2 Å². The van der Waals surface area contributed by atoms with Gasteiger partial charge in [-0.1, -0.05) is 12.1 Å². The fourth-order valence-electron chi connectivity index (χ4n) is 2.04. The van der Waals surface area contributed by atoms with E-state index in [0.29, 0.717) is 6.42 Å². The highest BCUT2D eigenvalue weighted by molar-refractivity contribution is 7.89. The molecule has 2 rings (SSSR count). The standard InChI is InChI=1S/C14H20N2O3S2/c1-10(16-21(17,18)9-11(2)19-3)8-14-15-12-6-4-5-7-13(12)20-14/h4-7,10-11,16H,8-9H2,1-3H3/t10-,11+/m0/s1. The van der Waals surface area contributed by atoms with Gasteiger partial charge in [0.25, 0.3) is 0 Å². The Bertz CT molecular complexity index is 664. The third-order valence-corrected chi connectivity index (χ3v) is 5.78. The van der Waals surface area contributed by atoms with E-state index in [4.69, 9.17) is 4.74 Å². The molecule has 0 radical (unpaired) electrons. The van der Waals surface area contributed by atoms with Gasteiger partial charge < -0.3 is 4.74 Å². The zero-order valence-corrected chi connectivity index (χ0v) is 14.0. The Hall–Kier alpha value is -1.02. The molecule has 0 fully saturated rings. The first-order valence-corrected chi connectivity index (χ1v) is 9.24. The largest absolute Gasteiger partial charge is 0.381 e. The predicted molar refractivity (Wildman–Crippen MR) is 86.2 cm³/mol. The molecule has 1 N–H and O–H groups in total. The van der Waals surface area contributed by atoms with E-state index in [-0.39, 0.29) is 17.9 Å². The van der Waals surface area contributed by atoms with Crippen molar-refractivity contribution in [3.8, 4) is 0 Å². The van der Waals surface area contributed by atoms with Gasteiger partial charge in [0.05, 0.1) is 27.1 Å². The highest BCUT2D eigenvalue weighted by Gasteiger charge is 2.19. The topological polar surface area (TPSA) is 68.3 Å². The van der Waals surface area contributed by atoms with Crippen molar-refractivity contribution in [3.63, 3.8) is 0 Å². The number of sulfonamides is 1. The molecule has 0 bridgehead atoms. The molecule has 21 heavy (non-hydrogen) atoms. The van der Waals surface area contributed by atoms with Crippen molar-refractivity contribution < 1.29 is 13.2 Å². The number of ether oxygens (including phenoxy) is 1. The summed E-state index contributed by atoms with van der Waals surface area (Å²) in [6.45, 7) is 3.58. The number of hydrogen-bond donors (Lipinski definition) is 1. The number of aromatic nitrogens is 1. The number of nitrogens with zero attached hydrogens (tertiary/aromatic N) is 1. The fourth-order valence-corrected chi connectivity index (χ4v) is 4.69. The van der Waals surface area contributed by atoms with Gasteiger partial charge in [-0.25, -0.2) is 18.1 Å². The van der Waals surface area contributed by atoms with Crippen LogP contribution in [0.4, 0.5) is 0 Å². The van der Waals surface area contributed by atoms with Crippen molar-refractivity contribution in [2.75, 3.05) is 12.9 Å². The minimum atomic E-state index is -3.34. The Labute approximate surface area is 129 Å². The van der Waals surface area contributed by atoms with Gasteiger partial charge in [0.15, 0.2) is 0 Å². The van der Waals surface area contributed by atoms with Crippen LogP contribution in [0.2, 0.25) is 0 Å². The second kappa shape index (κ2) is 6.83. The van der Waals surface area contributed by atoms with Gasteiger partial charge >= 0.3 is 0 Å². The third-order valence-electron chi connectivity index (χ3n) is 3.06. The van der Waals surface area contributed by atoms with Crippen LogP contribution in [0.3, 0.4) is 0 Å². The van der Waals surface area contributed by atoms with Crippen molar-refractivity contribution in [2.24, 2.45) is 0 Å². The Morgan fingerprint density at radius 3 is 2.71 bits per heavy atom. The normalized spacial score (nSPS) is 15.2. The lowest BCUT2D eigenvalue weighted by molar-refractivity contribution is 0.136. The van der Waals surface area contributed by atoms with E-state index >= 15 is 0 Å². The Morgan fingerprint density at radius 1 is 1.33 bits per heavy atom. The summed E-state index contributed by atoms with van der Waals surface area (Å²) in [5.41, 5.74) is 0.959. The molecule has 116 valence electrons. The van der Waals surface area contributed by atoms with Gasteiger partial charge in [0.2, 0.25) is 10.0 Å². The first-order chi connectivity index (χ1) is 9.89. The second-order valence-electron chi connectivity index (χ2n) is 5.13. The summed E-state index contributed by atoms with van der Waals surface area (Å²) in [6, 6.07) is 7.71. The number of para-hydroxylation sites is 1. The molecule has 7 heteroatoms. The SMILES string of the molecule is CO[C@H](C)CS(=O)(=O)N[C@@H](C)Cc1nc2ccccc2s1. The number of benzene rings is 1. The minimum absolute atomic E-state index is 0.0340. The van der Waals surface area contributed by atoms with Crippen LogP contribution >= 0.6 is 11.3 Å². The lowest BCUT2D eigenvalue weighted by Gasteiger charge is -2.15. The van der Waals surface area contributed by atoms with Gasteiger partial charge in [-0.15, -0.1) is 11.3 Å². The summed E-state index contributed by atoms with van der Waals surface area (Å²) in [6.07, 6.45) is 0.261. The Balaban J connectivity index is 1.99. The number of rotatable bonds is 7. The molecule has 0 amide bonds. The number of thiazole rings is 1. The Kier molecular flexibility index (Phi) is 5.32. The maximum absolute atomic E-state index is 12.0. The van der Waals surface area contributed by atoms with E-state index in [0.717, 1.165) is 15.2 Å². The lowest BCUT2D eigenvalue weighted by Crippen LogP contribution is -2.38. The molecular formula is C14H20N2O3S2. The summed E-state index contributed by atoms with van der Waals surface area (Å²) in [4.78, 5) is 4.52. The van der Waals surface area contributed by atoms with Gasteiger partial charge in [0, 0.05) is 19.6 Å². The molecule has 1 aromatic heterocycles. The lowest BCUT2D eigenvalue weighted by atomic mass is 10.3. The van der Waals surface area contributed by atoms with Gasteiger partial charge in [-0.05, 0) is 26.0 Å². The molecular weight excluding hydrogens is 308 g/mol. The molecule has 2 atom stereocenters. The molecule has 0 spiro atoms. The van der Waals surface area contributed by atoms with Gasteiger partial charge in [-0.3, -0.25) is 0 Å². The molecule has 1 aromatic carbocycles. The first kappa shape index (κ1) is 16.4. The summed E-state index contributed by atoms with van der Waals surface area (Å²) < 4.78 is 32.7. The monoisotopic (exact) mass is 328 g/mol. The van der Waals surface area contributed by atoms with Crippen LogP contribution in [0.5, 0.6) is 0 Å². The first-order valence-electron chi connectivity index (χ1n) is 6.77. The summed E-state index contributed by atoms with van der Waals surface area (Å²) in [7, 11) is -1.84. The van der Waals surface area contributed by atoms with Crippen molar-refractivity contribution in [1.29, 1.82) is 0 Å². The van der Waals surface area contributed by atoms with Crippen LogP contribution < -0.4 is 4.72 Å². The van der Waals surface area contributed by atoms with Crippen LogP contribution in [0.1, 0.15) is 18.9 Å². The fraction of sp³-hybridized carbons (Fsp3) is 0.500. The van der Waals surface area contributed by atoms with E-state index in [9.17, 15) is 8.42 Å². The molecule has 0 unspecified atom stereocenters. The number of methoxy groups -OCH3 is 1. The number of nitrogens with one attached hydrogen (secondary N) is 1. The van der Waals surface area contributed by atoms with Gasteiger partial charge in [-0.2, -0.15) is 0 Å². The van der Waals surface area contributed by atoms with Crippen molar-refractivity contribution in [2.45, 2.75) is 32.4 Å². The Morgan fingerprint density at radius 2 is 2.05 bits per heavy atom. The molecule has 2 aromatic rings. The van der Waals surface area contributed by atoms with Crippen LogP contribution in [0.25, 0.3) is 10.2 Å². The van der Waals surface area contributed by atoms with E-state index in [1.165, 1.54) is 7.11 Å². The van der Waals surface area contributed by atoms with E-state index < -0.39 is 10.0 Å². The van der Waals surface area contributed by atoms with Gasteiger partial charge in [0.1, 0.15) is 0 Å². The van der Waals surface area contributed by atoms with E-state index in [1.54, 1.807) is 18.3 Å². The van der Waals surface area contributed by atoms with Crippen LogP contribution in [0.15, 0.2) is 24.3 Å². The van der Waals surface area contributed by atoms with Crippen LogP contribution in [0, 0.1) is 0 Å². The molecule has 0 aliphatic heterocycles. The van der Waals surface area contributed by atoms with Crippen molar-refractivity contribution in [1.82, 2.24) is 9.71 Å². The maximum Gasteiger partial charge on any atom is 0.214 e. The molecule has 0 saturated heterocycles. The van der Waals surface area contributed by atoms with Crippen LogP contribution in [-0.4, -0.2) is 38.4 Å². The average molecular weight is 328 g/mol. The number of hydrogen-bond acceptors (Lipinski definition) is 5. The molecule has 1 heterocycles. The molecule has 5 nitrogen and oxygen atoms in total. The summed E-state index contributed by atoms with van der Waals surface area (Å²) >= 11 is 1.60. The van der Waals surface area contributed by atoms with E-state index in [2.05, 4.69) is 9.71 Å². The summed E-state index contributed by atoms with van der Waals surface area (Å²) in [5, 5.41) is 0.936. The molecule has 0 saturated carbocycles. The zero-order chi connectivity index (χ0) is 15.5. The molecule has 0 aliphatic rings. The average Bonchev–Trinajstić information content (AvgIpc) is 2.78. The quantitative estimate of drug-likeness (QED) is 0.846. The van der Waals surface area contributed by atoms with Crippen molar-refractivity contribution in [3.05, 3.63) is 29.3 Å². The third kappa shape index (κ3) is 4.74. The van der Waals surface area contributed by atoms with E-state index in [1.807, 2.05) is 31.2 Å². The minimum Gasteiger partial charge on any atom is -0.381 e. The molecule has 0 aliphatic carbocycles. The maximum atomic E-state index is 12.0.